The number of nitro groups is 1. The first-order chi connectivity index (χ1) is 5.66. The molecule has 0 saturated heterocycles. The number of hydrogen-bond acceptors (Lipinski definition) is 4. The highest BCUT2D eigenvalue weighted by Crippen LogP contribution is 2.34. The third-order valence-electron chi connectivity index (χ3n) is 1.95. The van der Waals surface area contributed by atoms with E-state index in [9.17, 15) is 14.9 Å². The van der Waals surface area contributed by atoms with Gasteiger partial charge in [-0.1, -0.05) is 0 Å². The predicted octanol–water partition coefficient (Wildman–Crippen LogP) is 0.141. The van der Waals surface area contributed by atoms with Crippen molar-refractivity contribution in [1.29, 1.82) is 0 Å². The van der Waals surface area contributed by atoms with Crippen LogP contribution in [-0.2, 0) is 0 Å². The number of fused-ring (bicyclic) bond motifs is 1. The summed E-state index contributed by atoms with van der Waals surface area (Å²) in [5.41, 5.74) is 0.613. The van der Waals surface area contributed by atoms with Gasteiger partial charge in [-0.05, 0) is 6.92 Å². The van der Waals surface area contributed by atoms with Crippen LogP contribution in [0.2, 0.25) is 0 Å². The molecule has 0 N–H and O–H groups in total. The fourth-order valence-corrected chi connectivity index (χ4v) is 1.45. The van der Waals surface area contributed by atoms with Gasteiger partial charge in [-0.25, -0.2) is 4.98 Å². The van der Waals surface area contributed by atoms with Crippen LogP contribution >= 0.6 is 0 Å². The second-order valence-corrected chi connectivity index (χ2v) is 2.58. The van der Waals surface area contributed by atoms with Crippen molar-refractivity contribution in [1.82, 2.24) is 9.55 Å². The molecule has 2 aliphatic rings. The molecule has 0 aromatic carbocycles. The van der Waals surface area contributed by atoms with Crippen molar-refractivity contribution >= 4 is 6.29 Å². The number of carbonyl (C=O) groups excluding carboxylic acids is 1. The SMILES string of the molecule is Cc1nc2c(C=O)n1C2[N+](=O)[O-]. The summed E-state index contributed by atoms with van der Waals surface area (Å²) in [6.45, 7) is 1.64. The van der Waals surface area contributed by atoms with Gasteiger partial charge in [-0.2, -0.15) is 0 Å². The summed E-state index contributed by atoms with van der Waals surface area (Å²) in [6, 6.07) is 0. The molecule has 0 fully saturated rings. The lowest BCUT2D eigenvalue weighted by molar-refractivity contribution is -0.540. The van der Waals surface area contributed by atoms with E-state index in [-0.39, 0.29) is 5.69 Å². The predicted molar refractivity (Wildman–Crippen MR) is 37.5 cm³/mol. The van der Waals surface area contributed by atoms with Crippen LogP contribution in [0.15, 0.2) is 0 Å². The summed E-state index contributed by atoms with van der Waals surface area (Å²) in [4.78, 5) is 24.2. The molecule has 0 saturated carbocycles. The van der Waals surface area contributed by atoms with E-state index in [0.29, 0.717) is 17.8 Å². The van der Waals surface area contributed by atoms with E-state index in [1.807, 2.05) is 0 Å². The van der Waals surface area contributed by atoms with E-state index >= 15 is 0 Å². The van der Waals surface area contributed by atoms with Crippen molar-refractivity contribution in [2.24, 2.45) is 0 Å². The summed E-state index contributed by atoms with van der Waals surface area (Å²) >= 11 is 0. The van der Waals surface area contributed by atoms with Crippen molar-refractivity contribution in [3.63, 3.8) is 0 Å². The standard InChI is InChI=1S/C6H5N3O3/c1-3-7-5-4(2-10)8(3)6(5)9(11)12/h2,6H,1H3. The van der Waals surface area contributed by atoms with Gasteiger partial charge in [0.2, 0.25) is 0 Å². The molecule has 0 aliphatic carbocycles. The van der Waals surface area contributed by atoms with Gasteiger partial charge >= 0.3 is 6.17 Å². The summed E-state index contributed by atoms with van der Waals surface area (Å²) in [5, 5.41) is 10.4. The molecular weight excluding hydrogens is 162 g/mol. The third kappa shape index (κ3) is 0.549. The molecular formula is C6H5N3O3. The minimum Gasteiger partial charge on any atom is -0.296 e. The zero-order valence-electron chi connectivity index (χ0n) is 6.22. The maximum atomic E-state index is 10.4. The van der Waals surface area contributed by atoms with Gasteiger partial charge in [0.15, 0.2) is 12.0 Å². The number of nitrogens with zero attached hydrogens (tertiary/aromatic N) is 3. The normalized spacial score (nSPS) is 18.6. The average molecular weight is 167 g/mol. The Morgan fingerprint density at radius 2 is 2.42 bits per heavy atom. The van der Waals surface area contributed by atoms with Crippen LogP contribution in [0.1, 0.15) is 28.2 Å². The minimum atomic E-state index is -0.912. The van der Waals surface area contributed by atoms with Gasteiger partial charge in [-0.15, -0.1) is 0 Å². The van der Waals surface area contributed by atoms with E-state index in [0.717, 1.165) is 0 Å². The van der Waals surface area contributed by atoms with Gasteiger partial charge in [0.05, 0.1) is 4.92 Å². The van der Waals surface area contributed by atoms with Crippen LogP contribution < -0.4 is 0 Å². The number of imidazole rings is 1. The Bertz CT molecular complexity index is 382. The van der Waals surface area contributed by atoms with Crippen molar-refractivity contribution in [2.75, 3.05) is 0 Å². The van der Waals surface area contributed by atoms with Crippen molar-refractivity contribution < 1.29 is 9.72 Å². The second kappa shape index (κ2) is 1.90. The molecule has 2 aliphatic heterocycles. The van der Waals surface area contributed by atoms with Gasteiger partial charge in [-0.3, -0.25) is 19.5 Å². The summed E-state index contributed by atoms with van der Waals surface area (Å²) in [6.07, 6.45) is -0.319. The highest BCUT2D eigenvalue weighted by molar-refractivity contribution is 5.77. The molecule has 6 heteroatoms. The minimum absolute atomic E-state index is 0.285. The van der Waals surface area contributed by atoms with Crippen LogP contribution in [-0.4, -0.2) is 20.8 Å². The average Bonchev–Trinajstić information content (AvgIpc) is 2.42. The number of rotatable bonds is 2. The quantitative estimate of drug-likeness (QED) is 0.356. The van der Waals surface area contributed by atoms with E-state index in [1.54, 1.807) is 6.92 Å². The lowest BCUT2D eigenvalue weighted by Gasteiger charge is -2.17. The van der Waals surface area contributed by atoms with Gasteiger partial charge in [0.1, 0.15) is 11.5 Å². The highest BCUT2D eigenvalue weighted by atomic mass is 16.6. The number of hydrogen-bond donors (Lipinski definition) is 0. The molecule has 1 aromatic rings. The topological polar surface area (TPSA) is 78.0 Å². The highest BCUT2D eigenvalue weighted by Gasteiger charge is 2.45. The lowest BCUT2D eigenvalue weighted by Crippen LogP contribution is -2.29. The summed E-state index contributed by atoms with van der Waals surface area (Å²) in [5.74, 6) is 0.522. The second-order valence-electron chi connectivity index (χ2n) is 2.58. The molecule has 0 radical (unpaired) electrons. The van der Waals surface area contributed by atoms with E-state index in [2.05, 4.69) is 4.98 Å². The van der Waals surface area contributed by atoms with Gasteiger partial charge in [0.25, 0.3) is 0 Å². The van der Waals surface area contributed by atoms with Gasteiger partial charge in [0, 0.05) is 0 Å². The number of carbonyl (C=O) groups is 1. The molecule has 1 atom stereocenters. The molecule has 1 unspecified atom stereocenters. The first-order valence-electron chi connectivity index (χ1n) is 3.34. The largest absolute Gasteiger partial charge is 0.337 e. The summed E-state index contributed by atoms with van der Waals surface area (Å²) < 4.78 is 1.32. The molecule has 0 spiro atoms. The maximum Gasteiger partial charge on any atom is 0.337 e. The molecule has 62 valence electrons. The van der Waals surface area contributed by atoms with Gasteiger partial charge < -0.3 is 0 Å². The fraction of sp³-hybridized carbons (Fsp3) is 0.333. The monoisotopic (exact) mass is 167 g/mol. The molecule has 1 aromatic heterocycles. The van der Waals surface area contributed by atoms with E-state index in [4.69, 9.17) is 0 Å². The Morgan fingerprint density at radius 1 is 1.75 bits per heavy atom. The first-order valence-corrected chi connectivity index (χ1v) is 3.34. The Labute approximate surface area is 67.0 Å². The zero-order chi connectivity index (χ0) is 8.88. The lowest BCUT2D eigenvalue weighted by atomic mass is 10.2. The van der Waals surface area contributed by atoms with Crippen molar-refractivity contribution in [3.8, 4) is 0 Å². The summed E-state index contributed by atoms with van der Waals surface area (Å²) in [7, 11) is 0. The van der Waals surface area contributed by atoms with E-state index in [1.165, 1.54) is 4.57 Å². The van der Waals surface area contributed by atoms with Crippen LogP contribution in [0.5, 0.6) is 0 Å². The van der Waals surface area contributed by atoms with Crippen molar-refractivity contribution in [3.05, 3.63) is 27.3 Å². The Balaban J connectivity index is 2.52. The Morgan fingerprint density at radius 3 is 2.75 bits per heavy atom. The van der Waals surface area contributed by atoms with E-state index < -0.39 is 11.1 Å². The molecule has 3 heterocycles. The number of aryl methyl sites for hydroxylation is 1. The molecule has 0 amide bonds. The first kappa shape index (κ1) is 6.96. The maximum absolute atomic E-state index is 10.4. The number of aromatic nitrogens is 2. The Kier molecular flexibility index (Phi) is 1.10. The number of aldehydes is 1. The smallest absolute Gasteiger partial charge is 0.296 e. The molecule has 3 rings (SSSR count). The third-order valence-corrected chi connectivity index (χ3v) is 1.95. The fourth-order valence-electron chi connectivity index (χ4n) is 1.45. The molecule has 6 nitrogen and oxygen atoms in total. The van der Waals surface area contributed by atoms with Crippen LogP contribution in [0.25, 0.3) is 0 Å². The van der Waals surface area contributed by atoms with Crippen molar-refractivity contribution in [2.45, 2.75) is 13.1 Å². The Hall–Kier alpha value is -1.72. The zero-order valence-corrected chi connectivity index (χ0v) is 6.22. The molecule has 2 bridgehead atoms. The van der Waals surface area contributed by atoms with Crippen LogP contribution in [0, 0.1) is 17.0 Å². The van der Waals surface area contributed by atoms with Crippen LogP contribution in [0.3, 0.4) is 0 Å². The molecule has 12 heavy (non-hydrogen) atoms. The van der Waals surface area contributed by atoms with Crippen LogP contribution in [0.4, 0.5) is 0 Å².